The van der Waals surface area contributed by atoms with Crippen molar-refractivity contribution in [1.82, 2.24) is 5.32 Å². The summed E-state index contributed by atoms with van der Waals surface area (Å²) < 4.78 is 0. The van der Waals surface area contributed by atoms with Crippen LogP contribution >= 0.6 is 0 Å². The molecule has 4 nitrogen and oxygen atoms in total. The Balaban J connectivity index is 2.27. The molecule has 0 saturated heterocycles. The van der Waals surface area contributed by atoms with Crippen molar-refractivity contribution in [3.63, 3.8) is 0 Å². The van der Waals surface area contributed by atoms with Crippen molar-refractivity contribution in [3.05, 3.63) is 0 Å². The number of rotatable bonds is 4. The molecule has 0 spiro atoms. The minimum Gasteiger partial charge on any atom is -0.393 e. The molecule has 1 saturated carbocycles. The highest BCUT2D eigenvalue weighted by Crippen LogP contribution is 2.32. The second kappa shape index (κ2) is 3.64. The Labute approximate surface area is 78.5 Å². The summed E-state index contributed by atoms with van der Waals surface area (Å²) in [5.41, 5.74) is 5.09. The number of amides is 1. The molecule has 13 heavy (non-hydrogen) atoms. The van der Waals surface area contributed by atoms with Crippen LogP contribution in [0, 0.1) is 0 Å². The molecular weight excluding hydrogens is 168 g/mol. The van der Waals surface area contributed by atoms with Gasteiger partial charge in [-0.3, -0.25) is 4.79 Å². The average molecular weight is 186 g/mol. The fraction of sp³-hybridized carbons (Fsp3) is 0.889. The maximum atomic E-state index is 11.4. The molecule has 1 aliphatic rings. The Bertz CT molecular complexity index is 200. The van der Waals surface area contributed by atoms with Crippen LogP contribution in [0.1, 0.15) is 33.1 Å². The monoisotopic (exact) mass is 186 g/mol. The summed E-state index contributed by atoms with van der Waals surface area (Å²) in [6, 6.07) is -0.00600. The zero-order valence-corrected chi connectivity index (χ0v) is 8.21. The van der Waals surface area contributed by atoms with Crippen molar-refractivity contribution >= 4 is 5.91 Å². The molecule has 2 unspecified atom stereocenters. The fourth-order valence-corrected chi connectivity index (χ4v) is 1.30. The second-order valence-corrected chi connectivity index (χ2v) is 4.12. The molecule has 1 aliphatic carbocycles. The highest BCUT2D eigenvalue weighted by Gasteiger charge is 2.46. The lowest BCUT2D eigenvalue weighted by Crippen LogP contribution is -2.46. The average Bonchev–Trinajstić information content (AvgIpc) is 2.67. The predicted octanol–water partition coefficient (Wildman–Crippen LogP) is -0.247. The van der Waals surface area contributed by atoms with E-state index in [-0.39, 0.29) is 18.1 Å². The first kappa shape index (κ1) is 10.5. The summed E-state index contributed by atoms with van der Waals surface area (Å²) in [5, 5.41) is 11.9. The summed E-state index contributed by atoms with van der Waals surface area (Å²) in [6.45, 7) is 3.58. The van der Waals surface area contributed by atoms with Gasteiger partial charge in [0.05, 0.1) is 11.6 Å². The van der Waals surface area contributed by atoms with Crippen molar-refractivity contribution in [1.29, 1.82) is 0 Å². The minimum absolute atomic E-state index is 0.00600. The molecule has 4 N–H and O–H groups in total. The lowest BCUT2D eigenvalue weighted by Gasteiger charge is -2.17. The van der Waals surface area contributed by atoms with Gasteiger partial charge in [0.25, 0.3) is 0 Å². The molecule has 0 aromatic rings. The van der Waals surface area contributed by atoms with Crippen molar-refractivity contribution in [3.8, 4) is 0 Å². The van der Waals surface area contributed by atoms with Crippen LogP contribution in [0.2, 0.25) is 0 Å². The first-order chi connectivity index (χ1) is 5.94. The normalized spacial score (nSPS) is 23.4. The van der Waals surface area contributed by atoms with Gasteiger partial charge in [0.2, 0.25) is 5.91 Å². The Hall–Kier alpha value is -0.610. The highest BCUT2D eigenvalue weighted by atomic mass is 16.3. The van der Waals surface area contributed by atoms with Gasteiger partial charge in [-0.25, -0.2) is 0 Å². The molecule has 0 aromatic heterocycles. The van der Waals surface area contributed by atoms with E-state index in [1.54, 1.807) is 6.92 Å². The first-order valence-corrected chi connectivity index (χ1v) is 4.72. The summed E-state index contributed by atoms with van der Waals surface area (Å²) in [6.07, 6.45) is 1.74. The third-order valence-corrected chi connectivity index (χ3v) is 2.31. The standard InChI is InChI=1S/C9H18N2O2/c1-6(5-7(2)12)11-8(13)9(10)3-4-9/h6-7,12H,3-5,10H2,1-2H3,(H,11,13). The third-order valence-electron chi connectivity index (χ3n) is 2.31. The van der Waals surface area contributed by atoms with Gasteiger partial charge in [0.1, 0.15) is 0 Å². The van der Waals surface area contributed by atoms with Crippen LogP contribution in [0.4, 0.5) is 0 Å². The molecule has 4 heteroatoms. The van der Waals surface area contributed by atoms with E-state index in [1.165, 1.54) is 0 Å². The molecule has 0 bridgehead atoms. The number of aliphatic hydroxyl groups is 1. The van der Waals surface area contributed by atoms with E-state index in [9.17, 15) is 4.79 Å². The minimum atomic E-state index is -0.604. The number of nitrogens with two attached hydrogens (primary N) is 1. The highest BCUT2D eigenvalue weighted by molar-refractivity contribution is 5.89. The summed E-state index contributed by atoms with van der Waals surface area (Å²) >= 11 is 0. The largest absolute Gasteiger partial charge is 0.393 e. The quantitative estimate of drug-likeness (QED) is 0.567. The van der Waals surface area contributed by atoms with Crippen molar-refractivity contribution in [2.75, 3.05) is 0 Å². The van der Waals surface area contributed by atoms with Crippen molar-refractivity contribution in [2.24, 2.45) is 5.73 Å². The number of hydrogen-bond donors (Lipinski definition) is 3. The summed E-state index contributed by atoms with van der Waals surface area (Å²) in [7, 11) is 0. The summed E-state index contributed by atoms with van der Waals surface area (Å²) in [5.74, 6) is -0.0827. The van der Waals surface area contributed by atoms with Crippen LogP contribution in [-0.4, -0.2) is 28.7 Å². The first-order valence-electron chi connectivity index (χ1n) is 4.72. The fourth-order valence-electron chi connectivity index (χ4n) is 1.30. The number of carbonyl (C=O) groups is 1. The molecule has 0 aromatic carbocycles. The van der Waals surface area contributed by atoms with Crippen molar-refractivity contribution in [2.45, 2.75) is 50.8 Å². The predicted molar refractivity (Wildman–Crippen MR) is 50.1 cm³/mol. The van der Waals surface area contributed by atoms with Gasteiger partial charge in [0.15, 0.2) is 0 Å². The SMILES string of the molecule is CC(O)CC(C)NC(=O)C1(N)CC1. The van der Waals surface area contributed by atoms with Crippen LogP contribution in [-0.2, 0) is 4.79 Å². The van der Waals surface area contributed by atoms with Gasteiger partial charge >= 0.3 is 0 Å². The molecule has 1 fully saturated rings. The summed E-state index contributed by atoms with van der Waals surface area (Å²) in [4.78, 5) is 11.4. The maximum absolute atomic E-state index is 11.4. The topological polar surface area (TPSA) is 75.3 Å². The second-order valence-electron chi connectivity index (χ2n) is 4.12. The van der Waals surface area contributed by atoms with Gasteiger partial charge in [0, 0.05) is 6.04 Å². The molecule has 2 atom stereocenters. The molecule has 0 radical (unpaired) electrons. The number of hydrogen-bond acceptors (Lipinski definition) is 3. The van der Waals surface area contributed by atoms with E-state index in [2.05, 4.69) is 5.32 Å². The Morgan fingerprint density at radius 1 is 1.62 bits per heavy atom. The smallest absolute Gasteiger partial charge is 0.240 e. The zero-order valence-electron chi connectivity index (χ0n) is 8.21. The lowest BCUT2D eigenvalue weighted by molar-refractivity contribution is -0.124. The molecule has 0 heterocycles. The molecule has 1 amide bonds. The molecule has 0 aliphatic heterocycles. The molecular formula is C9H18N2O2. The van der Waals surface area contributed by atoms with Gasteiger partial charge in [-0.1, -0.05) is 0 Å². The van der Waals surface area contributed by atoms with Gasteiger partial charge in [-0.05, 0) is 33.1 Å². The van der Waals surface area contributed by atoms with E-state index in [4.69, 9.17) is 10.8 Å². The lowest BCUT2D eigenvalue weighted by atomic mass is 10.1. The van der Waals surface area contributed by atoms with Crippen LogP contribution < -0.4 is 11.1 Å². The van der Waals surface area contributed by atoms with Crippen LogP contribution in [0.5, 0.6) is 0 Å². The van der Waals surface area contributed by atoms with Gasteiger partial charge < -0.3 is 16.2 Å². The van der Waals surface area contributed by atoms with E-state index >= 15 is 0 Å². The van der Waals surface area contributed by atoms with E-state index in [0.717, 1.165) is 12.8 Å². The Kier molecular flexibility index (Phi) is 2.93. The van der Waals surface area contributed by atoms with E-state index < -0.39 is 5.54 Å². The zero-order chi connectivity index (χ0) is 10.1. The van der Waals surface area contributed by atoms with Crippen LogP contribution in [0.25, 0.3) is 0 Å². The van der Waals surface area contributed by atoms with E-state index in [1.807, 2.05) is 6.92 Å². The van der Waals surface area contributed by atoms with E-state index in [0.29, 0.717) is 6.42 Å². The Morgan fingerprint density at radius 2 is 2.15 bits per heavy atom. The van der Waals surface area contributed by atoms with Crippen LogP contribution in [0.3, 0.4) is 0 Å². The number of aliphatic hydroxyl groups excluding tert-OH is 1. The van der Waals surface area contributed by atoms with Crippen LogP contribution in [0.15, 0.2) is 0 Å². The Morgan fingerprint density at radius 3 is 2.54 bits per heavy atom. The van der Waals surface area contributed by atoms with Gasteiger partial charge in [-0.15, -0.1) is 0 Å². The maximum Gasteiger partial charge on any atom is 0.240 e. The van der Waals surface area contributed by atoms with Crippen molar-refractivity contribution < 1.29 is 9.90 Å². The number of nitrogens with one attached hydrogen (secondary N) is 1. The molecule has 76 valence electrons. The van der Waals surface area contributed by atoms with Gasteiger partial charge in [-0.2, -0.15) is 0 Å². The number of carbonyl (C=O) groups excluding carboxylic acids is 1. The third kappa shape index (κ3) is 2.97. The molecule has 1 rings (SSSR count).